The lowest BCUT2D eigenvalue weighted by molar-refractivity contribution is -0.114. The Kier molecular flexibility index (Phi) is 8.59. The van der Waals surface area contributed by atoms with Gasteiger partial charge >= 0.3 is 0 Å². The number of aromatic nitrogens is 2. The molecule has 0 radical (unpaired) electrons. The maximum Gasteiger partial charge on any atom is 0.265 e. The van der Waals surface area contributed by atoms with E-state index < -0.39 is 0 Å². The number of hydrogen-bond donors (Lipinski definition) is 3. The molecule has 0 bridgehead atoms. The van der Waals surface area contributed by atoms with Gasteiger partial charge in [0.05, 0.1) is 38.9 Å². The number of benzene rings is 5. The van der Waals surface area contributed by atoms with Crippen molar-refractivity contribution in [2.24, 2.45) is 0 Å². The molecule has 44 heavy (non-hydrogen) atoms. The average Bonchev–Trinajstić information content (AvgIpc) is 3.04. The number of halogens is 2. The third-order valence-corrected chi connectivity index (χ3v) is 7.70. The first-order valence-electron chi connectivity index (χ1n) is 13.9. The minimum Gasteiger partial charge on any atom is -0.376 e. The first-order valence-corrected chi connectivity index (χ1v) is 14.7. The lowest BCUT2D eigenvalue weighted by atomic mass is 10.1. The van der Waals surface area contributed by atoms with E-state index >= 15 is 0 Å². The highest BCUT2D eigenvalue weighted by atomic mass is 35.5. The summed E-state index contributed by atoms with van der Waals surface area (Å²) in [6.45, 7) is 0.0935. The van der Waals surface area contributed by atoms with Gasteiger partial charge in [-0.1, -0.05) is 77.8 Å². The van der Waals surface area contributed by atoms with Crippen molar-refractivity contribution in [1.82, 2.24) is 9.55 Å². The summed E-state index contributed by atoms with van der Waals surface area (Å²) in [5, 5.41) is 10.9. The minimum absolute atomic E-state index is 0.0935. The van der Waals surface area contributed by atoms with Crippen LogP contribution in [-0.2, 0) is 11.2 Å². The average molecular weight is 621 g/mol. The zero-order valence-corrected chi connectivity index (χ0v) is 24.9. The first kappa shape index (κ1) is 29.0. The molecule has 0 aliphatic rings. The molecule has 0 atom stereocenters. The molecule has 5 aromatic carbocycles. The molecule has 0 fully saturated rings. The number of carbonyl (C=O) groups is 1. The number of rotatable bonds is 9. The number of fused-ring (bicyclic) bond motifs is 1. The van der Waals surface area contributed by atoms with Crippen LogP contribution in [0.15, 0.2) is 126 Å². The van der Waals surface area contributed by atoms with Gasteiger partial charge in [0, 0.05) is 23.5 Å². The highest BCUT2D eigenvalue weighted by Crippen LogP contribution is 2.34. The molecule has 0 saturated heterocycles. The van der Waals surface area contributed by atoms with Crippen molar-refractivity contribution >= 4 is 62.8 Å². The summed E-state index contributed by atoms with van der Waals surface area (Å²) in [5.74, 6) is 0.402. The lowest BCUT2D eigenvalue weighted by Gasteiger charge is -2.17. The molecule has 1 aromatic heterocycles. The third-order valence-electron chi connectivity index (χ3n) is 7.07. The van der Waals surface area contributed by atoms with E-state index in [1.165, 1.54) is 0 Å². The Balaban J connectivity index is 1.30. The summed E-state index contributed by atoms with van der Waals surface area (Å²) in [7, 11) is 0. The summed E-state index contributed by atoms with van der Waals surface area (Å²) in [4.78, 5) is 31.2. The third kappa shape index (κ3) is 6.44. The zero-order valence-electron chi connectivity index (χ0n) is 23.4. The van der Waals surface area contributed by atoms with Crippen molar-refractivity contribution in [3.05, 3.63) is 153 Å². The SMILES string of the molecule is O=C(CNc1ccc(-n2c(Cc3ccccc3Nc3c(Cl)cccc3Cl)nc3ccccc3c2=O)cc1)Nc1ccccc1. The van der Waals surface area contributed by atoms with Gasteiger partial charge in [-0.05, 0) is 72.3 Å². The number of nitrogens with zero attached hydrogens (tertiary/aromatic N) is 2. The Morgan fingerprint density at radius 1 is 0.727 bits per heavy atom. The molecule has 0 saturated carbocycles. The topological polar surface area (TPSA) is 88.1 Å². The van der Waals surface area contributed by atoms with Gasteiger partial charge in [0.2, 0.25) is 5.91 Å². The number of carbonyl (C=O) groups excluding carboxylic acids is 1. The molecule has 1 heterocycles. The van der Waals surface area contributed by atoms with E-state index in [4.69, 9.17) is 28.2 Å². The largest absolute Gasteiger partial charge is 0.376 e. The number of anilines is 4. The van der Waals surface area contributed by atoms with Crippen LogP contribution in [0.25, 0.3) is 16.6 Å². The number of para-hydroxylation sites is 4. The molecule has 9 heteroatoms. The molecular weight excluding hydrogens is 593 g/mol. The molecule has 3 N–H and O–H groups in total. The van der Waals surface area contributed by atoms with Crippen LogP contribution in [0, 0.1) is 0 Å². The monoisotopic (exact) mass is 619 g/mol. The van der Waals surface area contributed by atoms with Crippen LogP contribution < -0.4 is 21.5 Å². The Bertz CT molecular complexity index is 1990. The number of nitrogens with one attached hydrogen (secondary N) is 3. The smallest absolute Gasteiger partial charge is 0.265 e. The van der Waals surface area contributed by atoms with Crippen LogP contribution in [0.5, 0.6) is 0 Å². The molecule has 1 amide bonds. The quantitative estimate of drug-likeness (QED) is 0.152. The zero-order chi connectivity index (χ0) is 30.5. The molecule has 0 aliphatic carbocycles. The van der Waals surface area contributed by atoms with E-state index in [1.807, 2.05) is 97.1 Å². The van der Waals surface area contributed by atoms with E-state index in [2.05, 4.69) is 16.0 Å². The van der Waals surface area contributed by atoms with Crippen molar-refractivity contribution in [1.29, 1.82) is 0 Å². The van der Waals surface area contributed by atoms with Gasteiger partial charge < -0.3 is 16.0 Å². The van der Waals surface area contributed by atoms with Crippen molar-refractivity contribution in [3.63, 3.8) is 0 Å². The maximum absolute atomic E-state index is 13.9. The van der Waals surface area contributed by atoms with Crippen LogP contribution in [0.1, 0.15) is 11.4 Å². The Hall–Kier alpha value is -5.11. The molecular formula is C35H27Cl2N5O2. The van der Waals surface area contributed by atoms with Gasteiger partial charge in [-0.3, -0.25) is 14.2 Å². The second-order valence-electron chi connectivity index (χ2n) is 10.1. The van der Waals surface area contributed by atoms with Crippen molar-refractivity contribution < 1.29 is 4.79 Å². The van der Waals surface area contributed by atoms with Gasteiger partial charge in [-0.25, -0.2) is 4.98 Å². The van der Waals surface area contributed by atoms with E-state index in [9.17, 15) is 9.59 Å². The normalized spacial score (nSPS) is 10.9. The van der Waals surface area contributed by atoms with Crippen molar-refractivity contribution in [3.8, 4) is 5.69 Å². The van der Waals surface area contributed by atoms with Gasteiger partial charge in [-0.2, -0.15) is 0 Å². The predicted octanol–water partition coefficient (Wildman–Crippen LogP) is 8.08. The summed E-state index contributed by atoms with van der Waals surface area (Å²) >= 11 is 12.9. The first-order chi connectivity index (χ1) is 21.5. The molecule has 7 nitrogen and oxygen atoms in total. The Labute approximate surface area is 264 Å². The highest BCUT2D eigenvalue weighted by molar-refractivity contribution is 6.39. The lowest BCUT2D eigenvalue weighted by Crippen LogP contribution is -2.24. The standard InChI is InChI=1S/C35H27Cl2N5O2/c36-28-13-8-14-29(37)34(28)41-30-15-6-4-9-23(30)21-32-40-31-16-7-5-12-27(31)35(44)42(32)26-19-17-24(18-20-26)38-22-33(43)39-25-10-2-1-3-11-25/h1-20,38,41H,21-22H2,(H,39,43). The molecule has 6 aromatic rings. The maximum atomic E-state index is 13.9. The second kappa shape index (κ2) is 13.0. The summed E-state index contributed by atoms with van der Waals surface area (Å²) in [6.07, 6.45) is 0.352. The molecule has 6 rings (SSSR count). The summed E-state index contributed by atoms with van der Waals surface area (Å²) in [5.41, 5.74) is 4.88. The van der Waals surface area contributed by atoms with Crippen LogP contribution in [0.2, 0.25) is 10.0 Å². The van der Waals surface area contributed by atoms with Crippen molar-refractivity contribution in [2.75, 3.05) is 22.5 Å². The molecule has 0 unspecified atom stereocenters. The van der Waals surface area contributed by atoms with Gasteiger partial charge in [-0.15, -0.1) is 0 Å². The molecule has 0 spiro atoms. The van der Waals surface area contributed by atoms with Crippen molar-refractivity contribution in [2.45, 2.75) is 6.42 Å². The van der Waals surface area contributed by atoms with E-state index in [0.29, 0.717) is 44.6 Å². The Morgan fingerprint density at radius 3 is 2.18 bits per heavy atom. The fourth-order valence-corrected chi connectivity index (χ4v) is 5.41. The minimum atomic E-state index is -0.173. The van der Waals surface area contributed by atoms with Crippen LogP contribution in [0.4, 0.5) is 22.7 Å². The second-order valence-corrected chi connectivity index (χ2v) is 10.9. The van der Waals surface area contributed by atoms with Gasteiger partial charge in [0.1, 0.15) is 5.82 Å². The fraction of sp³-hybridized carbons (Fsp3) is 0.0571. The predicted molar refractivity (Wildman–Crippen MR) is 180 cm³/mol. The van der Waals surface area contributed by atoms with Crippen LogP contribution in [-0.4, -0.2) is 22.0 Å². The fourth-order valence-electron chi connectivity index (χ4n) is 4.92. The van der Waals surface area contributed by atoms with Crippen LogP contribution in [0.3, 0.4) is 0 Å². The van der Waals surface area contributed by atoms with E-state index in [0.717, 1.165) is 22.6 Å². The Morgan fingerprint density at radius 2 is 1.41 bits per heavy atom. The molecule has 0 aliphatic heterocycles. The summed E-state index contributed by atoms with van der Waals surface area (Å²) < 4.78 is 1.63. The number of hydrogen-bond acceptors (Lipinski definition) is 5. The highest BCUT2D eigenvalue weighted by Gasteiger charge is 2.16. The van der Waals surface area contributed by atoms with E-state index in [-0.39, 0.29) is 18.0 Å². The number of amides is 1. The van der Waals surface area contributed by atoms with Crippen LogP contribution >= 0.6 is 23.2 Å². The van der Waals surface area contributed by atoms with Gasteiger partial charge in [0.25, 0.3) is 5.56 Å². The molecule has 218 valence electrons. The van der Waals surface area contributed by atoms with Gasteiger partial charge in [0.15, 0.2) is 0 Å². The summed E-state index contributed by atoms with van der Waals surface area (Å²) in [6, 6.07) is 37.1. The van der Waals surface area contributed by atoms with E-state index in [1.54, 1.807) is 28.8 Å².